The Morgan fingerprint density at radius 2 is 2.05 bits per heavy atom. The van der Waals surface area contributed by atoms with Gasteiger partial charge in [0.15, 0.2) is 0 Å². The van der Waals surface area contributed by atoms with E-state index in [0.717, 1.165) is 12.0 Å². The molecule has 1 aromatic carbocycles. The van der Waals surface area contributed by atoms with Crippen LogP contribution in [0.1, 0.15) is 31.7 Å². The molecule has 0 heterocycles. The highest BCUT2D eigenvalue weighted by atomic mass is 32.2. The van der Waals surface area contributed by atoms with Crippen LogP contribution in [0.25, 0.3) is 0 Å². The van der Waals surface area contributed by atoms with E-state index in [2.05, 4.69) is 12.2 Å². The third kappa shape index (κ3) is 3.87. The van der Waals surface area contributed by atoms with Gasteiger partial charge in [-0.2, -0.15) is 4.31 Å². The molecule has 0 amide bonds. The van der Waals surface area contributed by atoms with Crippen molar-refractivity contribution in [2.75, 3.05) is 20.2 Å². The van der Waals surface area contributed by atoms with Gasteiger partial charge in [-0.3, -0.25) is 0 Å². The van der Waals surface area contributed by atoms with Gasteiger partial charge in [-0.1, -0.05) is 31.5 Å². The minimum absolute atomic E-state index is 0.101. The Bertz CT molecular complexity index is 589. The van der Waals surface area contributed by atoms with E-state index in [1.54, 1.807) is 12.1 Å². The van der Waals surface area contributed by atoms with Crippen LogP contribution in [0.3, 0.4) is 0 Å². The van der Waals surface area contributed by atoms with Crippen LogP contribution in [0, 0.1) is 5.92 Å². The first-order valence-electron chi connectivity index (χ1n) is 7.85. The monoisotopic (exact) mass is 326 g/mol. The molecule has 1 saturated carbocycles. The molecule has 2 atom stereocenters. The maximum atomic E-state index is 12.6. The molecule has 124 valence electrons. The van der Waals surface area contributed by atoms with Crippen LogP contribution in [-0.4, -0.2) is 44.1 Å². The molecule has 0 saturated heterocycles. The third-order valence-electron chi connectivity index (χ3n) is 4.49. The van der Waals surface area contributed by atoms with E-state index in [0.29, 0.717) is 23.4 Å². The van der Waals surface area contributed by atoms with Crippen LogP contribution >= 0.6 is 0 Å². The summed E-state index contributed by atoms with van der Waals surface area (Å²) >= 11 is 0. The highest BCUT2D eigenvalue weighted by molar-refractivity contribution is 7.89. The number of nitrogens with zero attached hydrogens (tertiary/aromatic N) is 1. The Kier molecular flexibility index (Phi) is 5.97. The van der Waals surface area contributed by atoms with Gasteiger partial charge in [0.1, 0.15) is 0 Å². The predicted molar refractivity (Wildman–Crippen MR) is 87.0 cm³/mol. The van der Waals surface area contributed by atoms with E-state index >= 15 is 0 Å². The smallest absolute Gasteiger partial charge is 0.243 e. The van der Waals surface area contributed by atoms with E-state index in [-0.39, 0.29) is 13.2 Å². The largest absolute Gasteiger partial charge is 0.395 e. The summed E-state index contributed by atoms with van der Waals surface area (Å²) in [6.07, 6.45) is 3.62. The van der Waals surface area contributed by atoms with Crippen molar-refractivity contribution >= 4 is 10.0 Å². The summed E-state index contributed by atoms with van der Waals surface area (Å²) < 4.78 is 26.4. The number of aliphatic hydroxyl groups excluding tert-OH is 1. The Labute approximate surface area is 133 Å². The second kappa shape index (κ2) is 7.55. The van der Waals surface area contributed by atoms with E-state index in [1.807, 2.05) is 12.1 Å². The third-order valence-corrected chi connectivity index (χ3v) is 6.45. The predicted octanol–water partition coefficient (Wildman–Crippen LogP) is 1.58. The van der Waals surface area contributed by atoms with Crippen molar-refractivity contribution < 1.29 is 13.5 Å². The molecule has 0 spiro atoms. The van der Waals surface area contributed by atoms with Crippen molar-refractivity contribution in [3.05, 3.63) is 29.8 Å². The molecule has 1 aliphatic carbocycles. The van der Waals surface area contributed by atoms with Crippen molar-refractivity contribution in [3.8, 4) is 0 Å². The zero-order valence-corrected chi connectivity index (χ0v) is 14.1. The molecule has 0 aliphatic heterocycles. The molecule has 0 aromatic heterocycles. The molecule has 5 nitrogen and oxygen atoms in total. The summed E-state index contributed by atoms with van der Waals surface area (Å²) in [4.78, 5) is 0.323. The maximum Gasteiger partial charge on any atom is 0.243 e. The van der Waals surface area contributed by atoms with E-state index in [4.69, 9.17) is 5.11 Å². The quantitative estimate of drug-likeness (QED) is 0.798. The van der Waals surface area contributed by atoms with Crippen molar-refractivity contribution in [3.63, 3.8) is 0 Å². The molecule has 1 fully saturated rings. The Balaban J connectivity index is 2.16. The summed E-state index contributed by atoms with van der Waals surface area (Å²) in [5.74, 6) is 0.640. The summed E-state index contributed by atoms with van der Waals surface area (Å²) in [5.41, 5.74) is 0.784. The van der Waals surface area contributed by atoms with Crippen LogP contribution in [0.5, 0.6) is 0 Å². The molecule has 1 aromatic rings. The van der Waals surface area contributed by atoms with Crippen molar-refractivity contribution in [1.82, 2.24) is 9.62 Å². The number of aliphatic hydroxyl groups is 1. The van der Waals surface area contributed by atoms with Gasteiger partial charge >= 0.3 is 0 Å². The van der Waals surface area contributed by atoms with Gasteiger partial charge in [0.25, 0.3) is 0 Å². The number of rotatable bonds is 7. The molecular formula is C16H26N2O3S. The summed E-state index contributed by atoms with van der Waals surface area (Å²) in [5, 5.41) is 12.5. The second-order valence-corrected chi connectivity index (χ2v) is 8.07. The van der Waals surface area contributed by atoms with Gasteiger partial charge in [0.05, 0.1) is 11.5 Å². The highest BCUT2D eigenvalue weighted by Crippen LogP contribution is 2.26. The summed E-state index contributed by atoms with van der Waals surface area (Å²) in [6, 6.07) is 7.55. The standard InChI is InChI=1S/C16H26N2O3S/c1-13-6-5-8-15(13)17-12-14-7-3-4-9-16(14)22(20,21)18(2)10-11-19/h3-4,7,9,13,15,17,19H,5-6,8,10-12H2,1-2H3. The number of likely N-dealkylation sites (N-methyl/N-ethyl adjacent to an activating group) is 1. The fourth-order valence-electron chi connectivity index (χ4n) is 3.02. The van der Waals surface area contributed by atoms with Crippen LogP contribution in [-0.2, 0) is 16.6 Å². The van der Waals surface area contributed by atoms with Crippen LogP contribution in [0.2, 0.25) is 0 Å². The van der Waals surface area contributed by atoms with Crippen LogP contribution in [0.15, 0.2) is 29.2 Å². The maximum absolute atomic E-state index is 12.6. The lowest BCUT2D eigenvalue weighted by Crippen LogP contribution is -2.33. The lowest BCUT2D eigenvalue weighted by atomic mass is 10.1. The molecule has 22 heavy (non-hydrogen) atoms. The zero-order chi connectivity index (χ0) is 16.2. The lowest BCUT2D eigenvalue weighted by molar-refractivity contribution is 0.266. The SMILES string of the molecule is CC1CCCC1NCc1ccccc1S(=O)(=O)N(C)CCO. The van der Waals surface area contributed by atoms with Crippen molar-refractivity contribution in [2.45, 2.75) is 43.7 Å². The van der Waals surface area contributed by atoms with Crippen molar-refractivity contribution in [1.29, 1.82) is 0 Å². The number of nitrogens with one attached hydrogen (secondary N) is 1. The molecule has 6 heteroatoms. The summed E-state index contributed by atoms with van der Waals surface area (Å²) in [7, 11) is -2.06. The van der Waals surface area contributed by atoms with Crippen LogP contribution < -0.4 is 5.32 Å². The van der Waals surface area contributed by atoms with Gasteiger partial charge in [-0.25, -0.2) is 8.42 Å². The lowest BCUT2D eigenvalue weighted by Gasteiger charge is -2.21. The Morgan fingerprint density at radius 1 is 1.32 bits per heavy atom. The van der Waals surface area contributed by atoms with Gasteiger partial charge in [0.2, 0.25) is 10.0 Å². The number of hydrogen-bond donors (Lipinski definition) is 2. The van der Waals surface area contributed by atoms with E-state index < -0.39 is 10.0 Å². The highest BCUT2D eigenvalue weighted by Gasteiger charge is 2.25. The molecular weight excluding hydrogens is 300 g/mol. The molecule has 1 aliphatic rings. The second-order valence-electron chi connectivity index (χ2n) is 6.05. The van der Waals surface area contributed by atoms with Gasteiger partial charge < -0.3 is 10.4 Å². The average Bonchev–Trinajstić information content (AvgIpc) is 2.91. The minimum Gasteiger partial charge on any atom is -0.395 e. The van der Waals surface area contributed by atoms with E-state index in [1.165, 1.54) is 24.2 Å². The molecule has 0 radical (unpaired) electrons. The zero-order valence-electron chi connectivity index (χ0n) is 13.3. The summed E-state index contributed by atoms with van der Waals surface area (Å²) in [6.45, 7) is 2.71. The molecule has 0 bridgehead atoms. The van der Waals surface area contributed by atoms with Gasteiger partial charge in [-0.05, 0) is 30.4 Å². The van der Waals surface area contributed by atoms with Gasteiger partial charge in [0, 0.05) is 26.2 Å². The fourth-order valence-corrected chi connectivity index (χ4v) is 4.40. The van der Waals surface area contributed by atoms with Crippen molar-refractivity contribution in [2.24, 2.45) is 5.92 Å². The average molecular weight is 326 g/mol. The molecule has 2 N–H and O–H groups in total. The first-order valence-corrected chi connectivity index (χ1v) is 9.29. The molecule has 2 rings (SSSR count). The van der Waals surface area contributed by atoms with Crippen LogP contribution in [0.4, 0.5) is 0 Å². The normalized spacial score (nSPS) is 22.4. The van der Waals surface area contributed by atoms with Gasteiger partial charge in [-0.15, -0.1) is 0 Å². The fraction of sp³-hybridized carbons (Fsp3) is 0.625. The first kappa shape index (κ1) is 17.4. The molecule has 2 unspecified atom stereocenters. The Morgan fingerprint density at radius 3 is 2.68 bits per heavy atom. The topological polar surface area (TPSA) is 69.6 Å². The number of benzene rings is 1. The minimum atomic E-state index is -3.56. The number of hydrogen-bond acceptors (Lipinski definition) is 4. The van der Waals surface area contributed by atoms with E-state index in [9.17, 15) is 8.42 Å². The first-order chi connectivity index (χ1) is 10.5. The number of sulfonamides is 1. The Hall–Kier alpha value is -0.950.